The van der Waals surface area contributed by atoms with Crippen molar-refractivity contribution in [3.63, 3.8) is 0 Å². The molecule has 0 radical (unpaired) electrons. The maximum atomic E-state index is 12.1. The topological polar surface area (TPSA) is 75.4 Å². The zero-order chi connectivity index (χ0) is 14.5. The minimum absolute atomic E-state index is 0.164. The quantitative estimate of drug-likeness (QED) is 0.744. The first-order valence-corrected chi connectivity index (χ1v) is 6.46. The molecule has 0 aliphatic heterocycles. The normalized spacial score (nSPS) is 11.9. The van der Waals surface area contributed by atoms with Gasteiger partial charge in [-0.05, 0) is 30.2 Å². The molecule has 2 aromatic carbocycles. The second-order valence-electron chi connectivity index (χ2n) is 4.66. The van der Waals surface area contributed by atoms with E-state index in [1.54, 1.807) is 25.1 Å². The third-order valence-electron chi connectivity index (χ3n) is 3.26. The number of aliphatic hydroxyl groups excluding tert-OH is 1. The molecule has 0 fully saturated rings. The minimum atomic E-state index is -0.721. The third kappa shape index (κ3) is 3.16. The molecule has 0 aliphatic carbocycles. The first-order chi connectivity index (χ1) is 9.59. The summed E-state index contributed by atoms with van der Waals surface area (Å²) in [4.78, 5) is 12.1. The van der Waals surface area contributed by atoms with Gasteiger partial charge in [0.1, 0.15) is 0 Å². The van der Waals surface area contributed by atoms with Crippen molar-refractivity contribution in [2.24, 2.45) is 0 Å². The lowest BCUT2D eigenvalue weighted by molar-refractivity contribution is 0.0915. The molecule has 1 amide bonds. The van der Waals surface area contributed by atoms with Gasteiger partial charge in [-0.2, -0.15) is 0 Å². The molecule has 4 N–H and O–H groups in total. The zero-order valence-electron chi connectivity index (χ0n) is 11.3. The highest BCUT2D eigenvalue weighted by Gasteiger charge is 2.13. The van der Waals surface area contributed by atoms with Crippen LogP contribution >= 0.6 is 0 Å². The lowest BCUT2D eigenvalue weighted by Gasteiger charge is -2.13. The number of rotatable bonds is 4. The van der Waals surface area contributed by atoms with Crippen molar-refractivity contribution >= 4 is 11.6 Å². The van der Waals surface area contributed by atoms with E-state index in [0.717, 1.165) is 11.1 Å². The van der Waals surface area contributed by atoms with Crippen molar-refractivity contribution in [2.75, 3.05) is 12.3 Å². The van der Waals surface area contributed by atoms with Crippen LogP contribution in [0.1, 0.15) is 27.6 Å². The molecule has 0 bridgehead atoms. The van der Waals surface area contributed by atoms with Gasteiger partial charge in [-0.1, -0.05) is 36.4 Å². The molecule has 1 unspecified atom stereocenters. The van der Waals surface area contributed by atoms with E-state index in [2.05, 4.69) is 5.32 Å². The molecule has 0 saturated heterocycles. The molecule has 1 atom stereocenters. The van der Waals surface area contributed by atoms with Crippen LogP contribution in [0.2, 0.25) is 0 Å². The van der Waals surface area contributed by atoms with Gasteiger partial charge >= 0.3 is 0 Å². The summed E-state index contributed by atoms with van der Waals surface area (Å²) in [7, 11) is 0. The lowest BCUT2D eigenvalue weighted by atomic mass is 10.1. The second-order valence-corrected chi connectivity index (χ2v) is 4.66. The number of nitrogen functional groups attached to an aromatic ring is 1. The van der Waals surface area contributed by atoms with Gasteiger partial charge in [0.2, 0.25) is 0 Å². The Balaban J connectivity index is 2.01. The van der Waals surface area contributed by atoms with Gasteiger partial charge in [-0.3, -0.25) is 4.79 Å². The van der Waals surface area contributed by atoms with Crippen LogP contribution in [-0.2, 0) is 0 Å². The predicted octanol–water partition coefficient (Wildman–Crippen LogP) is 2.04. The van der Waals surface area contributed by atoms with Crippen molar-refractivity contribution < 1.29 is 9.90 Å². The summed E-state index contributed by atoms with van der Waals surface area (Å²) in [5.41, 5.74) is 8.42. The number of nitrogens with one attached hydrogen (secondary N) is 1. The number of aliphatic hydroxyl groups is 1. The van der Waals surface area contributed by atoms with Crippen LogP contribution in [0.25, 0.3) is 0 Å². The number of hydrogen-bond acceptors (Lipinski definition) is 3. The molecule has 4 heteroatoms. The van der Waals surface area contributed by atoms with E-state index in [1.807, 2.05) is 30.3 Å². The summed E-state index contributed by atoms with van der Waals surface area (Å²) in [5.74, 6) is -0.232. The van der Waals surface area contributed by atoms with Gasteiger partial charge in [0.25, 0.3) is 5.91 Å². The van der Waals surface area contributed by atoms with Gasteiger partial charge in [-0.15, -0.1) is 0 Å². The van der Waals surface area contributed by atoms with E-state index in [0.29, 0.717) is 11.3 Å². The molecule has 2 aromatic rings. The summed E-state index contributed by atoms with van der Waals surface area (Å²) in [6, 6.07) is 14.4. The van der Waals surface area contributed by atoms with Crippen LogP contribution in [-0.4, -0.2) is 17.6 Å². The monoisotopic (exact) mass is 270 g/mol. The highest BCUT2D eigenvalue weighted by molar-refractivity contribution is 5.96. The van der Waals surface area contributed by atoms with Gasteiger partial charge in [0, 0.05) is 17.8 Å². The molecular formula is C16H18N2O2. The molecule has 20 heavy (non-hydrogen) atoms. The molecule has 0 aliphatic rings. The smallest absolute Gasteiger partial charge is 0.251 e. The van der Waals surface area contributed by atoms with Crippen LogP contribution < -0.4 is 11.1 Å². The SMILES string of the molecule is Cc1c(N)cccc1C(=O)NCC(O)c1ccccc1. The Morgan fingerprint density at radius 2 is 1.90 bits per heavy atom. The first-order valence-electron chi connectivity index (χ1n) is 6.46. The van der Waals surface area contributed by atoms with Crippen molar-refractivity contribution in [1.82, 2.24) is 5.32 Å². The van der Waals surface area contributed by atoms with Crippen molar-refractivity contribution in [2.45, 2.75) is 13.0 Å². The van der Waals surface area contributed by atoms with Crippen molar-refractivity contribution in [3.05, 3.63) is 65.2 Å². The zero-order valence-corrected chi connectivity index (χ0v) is 11.3. The fraction of sp³-hybridized carbons (Fsp3) is 0.188. The number of nitrogens with two attached hydrogens (primary N) is 1. The number of carbonyl (C=O) groups excluding carboxylic acids is 1. The number of benzene rings is 2. The molecule has 0 heterocycles. The van der Waals surface area contributed by atoms with Crippen molar-refractivity contribution in [1.29, 1.82) is 0 Å². The minimum Gasteiger partial charge on any atom is -0.398 e. The predicted molar refractivity (Wildman–Crippen MR) is 79.3 cm³/mol. The highest BCUT2D eigenvalue weighted by atomic mass is 16.3. The molecular weight excluding hydrogens is 252 g/mol. The van der Waals surface area contributed by atoms with Gasteiger partial charge in [-0.25, -0.2) is 0 Å². The molecule has 2 rings (SSSR count). The Hall–Kier alpha value is -2.33. The van der Waals surface area contributed by atoms with Crippen LogP contribution in [0.3, 0.4) is 0 Å². The summed E-state index contributed by atoms with van der Waals surface area (Å²) in [6.45, 7) is 1.97. The Kier molecular flexibility index (Phi) is 4.38. The summed E-state index contributed by atoms with van der Waals surface area (Å²) in [6.07, 6.45) is -0.721. The maximum Gasteiger partial charge on any atom is 0.251 e. The largest absolute Gasteiger partial charge is 0.398 e. The maximum absolute atomic E-state index is 12.1. The summed E-state index contributed by atoms with van der Waals surface area (Å²) >= 11 is 0. The van der Waals surface area contributed by atoms with Gasteiger partial charge in [0.15, 0.2) is 0 Å². The molecule has 0 spiro atoms. The number of amides is 1. The summed E-state index contributed by atoms with van der Waals surface area (Å²) < 4.78 is 0. The fourth-order valence-corrected chi connectivity index (χ4v) is 1.98. The first kappa shape index (κ1) is 14.1. The van der Waals surface area contributed by atoms with Crippen molar-refractivity contribution in [3.8, 4) is 0 Å². The Morgan fingerprint density at radius 3 is 2.60 bits per heavy atom. The number of anilines is 1. The van der Waals surface area contributed by atoms with Crippen LogP contribution in [0.4, 0.5) is 5.69 Å². The lowest BCUT2D eigenvalue weighted by Crippen LogP contribution is -2.29. The van der Waals surface area contributed by atoms with Crippen LogP contribution in [0, 0.1) is 6.92 Å². The Morgan fingerprint density at radius 1 is 1.20 bits per heavy atom. The summed E-state index contributed by atoms with van der Waals surface area (Å²) in [5, 5.41) is 12.7. The second kappa shape index (κ2) is 6.21. The Bertz CT molecular complexity index is 597. The average molecular weight is 270 g/mol. The van der Waals surface area contributed by atoms with E-state index in [1.165, 1.54) is 0 Å². The number of hydrogen-bond donors (Lipinski definition) is 3. The molecule has 0 saturated carbocycles. The third-order valence-corrected chi connectivity index (χ3v) is 3.26. The number of carbonyl (C=O) groups is 1. The van der Waals surface area contributed by atoms with Crippen LogP contribution in [0.5, 0.6) is 0 Å². The van der Waals surface area contributed by atoms with Gasteiger partial charge < -0.3 is 16.2 Å². The van der Waals surface area contributed by atoms with Crippen LogP contribution in [0.15, 0.2) is 48.5 Å². The van der Waals surface area contributed by atoms with E-state index < -0.39 is 6.10 Å². The molecule has 0 aromatic heterocycles. The van der Waals surface area contributed by atoms with E-state index in [4.69, 9.17) is 5.73 Å². The van der Waals surface area contributed by atoms with E-state index in [9.17, 15) is 9.90 Å². The molecule has 4 nitrogen and oxygen atoms in total. The average Bonchev–Trinajstić information content (AvgIpc) is 2.48. The van der Waals surface area contributed by atoms with Gasteiger partial charge in [0.05, 0.1) is 6.10 Å². The van der Waals surface area contributed by atoms with E-state index >= 15 is 0 Å². The van der Waals surface area contributed by atoms with E-state index in [-0.39, 0.29) is 12.5 Å². The molecule has 104 valence electrons. The highest BCUT2D eigenvalue weighted by Crippen LogP contribution is 2.16. The standard InChI is InChI=1S/C16H18N2O2/c1-11-13(8-5-9-14(11)17)16(20)18-10-15(19)12-6-3-2-4-7-12/h2-9,15,19H,10,17H2,1H3,(H,18,20). The Labute approximate surface area is 118 Å². The fourth-order valence-electron chi connectivity index (χ4n) is 1.98.